The van der Waals surface area contributed by atoms with Crippen molar-refractivity contribution in [2.75, 3.05) is 6.54 Å². The summed E-state index contributed by atoms with van der Waals surface area (Å²) in [5.74, 6) is 0.867. The van der Waals surface area contributed by atoms with E-state index in [0.717, 1.165) is 18.8 Å². The first-order chi connectivity index (χ1) is 8.72. The van der Waals surface area contributed by atoms with Gasteiger partial charge in [-0.25, -0.2) is 4.98 Å². The fraction of sp³-hybridized carbons (Fsp3) is 0.429. The van der Waals surface area contributed by atoms with E-state index in [1.54, 1.807) is 6.33 Å². The molecule has 4 heteroatoms. The van der Waals surface area contributed by atoms with Crippen LogP contribution in [0.2, 0.25) is 0 Å². The molecule has 2 aromatic rings. The highest BCUT2D eigenvalue weighted by atomic mass is 15.2. The number of benzene rings is 1. The molecule has 1 unspecified atom stereocenters. The largest absolute Gasteiger partial charge is 0.304 e. The molecular formula is C14H20N4. The van der Waals surface area contributed by atoms with Crippen molar-refractivity contribution >= 4 is 0 Å². The molecule has 0 amide bonds. The summed E-state index contributed by atoms with van der Waals surface area (Å²) in [6.45, 7) is 7.38. The van der Waals surface area contributed by atoms with Gasteiger partial charge in [-0.05, 0) is 43.5 Å². The van der Waals surface area contributed by atoms with Gasteiger partial charge in [0.15, 0.2) is 0 Å². The number of aryl methyl sites for hydroxylation is 2. The minimum absolute atomic E-state index is 0.0896. The Hall–Kier alpha value is -1.68. The Morgan fingerprint density at radius 1 is 1.28 bits per heavy atom. The van der Waals surface area contributed by atoms with E-state index >= 15 is 0 Å². The second-order valence-corrected chi connectivity index (χ2v) is 4.60. The third-order valence-corrected chi connectivity index (χ3v) is 3.17. The Balaban J connectivity index is 2.30. The Kier molecular flexibility index (Phi) is 4.10. The van der Waals surface area contributed by atoms with Crippen molar-refractivity contribution in [2.45, 2.75) is 33.2 Å². The summed E-state index contributed by atoms with van der Waals surface area (Å²) in [5.41, 5.74) is 3.84. The first-order valence-corrected chi connectivity index (χ1v) is 6.38. The van der Waals surface area contributed by atoms with Crippen LogP contribution in [-0.2, 0) is 0 Å². The van der Waals surface area contributed by atoms with Crippen molar-refractivity contribution in [1.82, 2.24) is 20.5 Å². The van der Waals surface area contributed by atoms with Gasteiger partial charge in [0.25, 0.3) is 0 Å². The molecule has 2 rings (SSSR count). The number of nitrogens with zero attached hydrogens (tertiary/aromatic N) is 2. The molecule has 0 fully saturated rings. The van der Waals surface area contributed by atoms with E-state index in [1.165, 1.54) is 16.7 Å². The molecule has 0 saturated carbocycles. The predicted octanol–water partition coefficient (Wildman–Crippen LogP) is 2.51. The molecule has 0 aliphatic heterocycles. The first kappa shape index (κ1) is 12.8. The van der Waals surface area contributed by atoms with Crippen LogP contribution in [0.1, 0.15) is 41.9 Å². The second kappa shape index (κ2) is 5.78. The number of hydrogen-bond acceptors (Lipinski definition) is 3. The average Bonchev–Trinajstić information content (AvgIpc) is 2.88. The summed E-state index contributed by atoms with van der Waals surface area (Å²) in [6, 6.07) is 6.61. The molecule has 4 nitrogen and oxygen atoms in total. The molecule has 1 heterocycles. The van der Waals surface area contributed by atoms with E-state index in [-0.39, 0.29) is 6.04 Å². The van der Waals surface area contributed by atoms with Crippen molar-refractivity contribution in [2.24, 2.45) is 0 Å². The van der Waals surface area contributed by atoms with Gasteiger partial charge in [0.1, 0.15) is 12.2 Å². The fourth-order valence-electron chi connectivity index (χ4n) is 1.96. The summed E-state index contributed by atoms with van der Waals surface area (Å²) in [7, 11) is 0. The number of H-pyrrole nitrogens is 1. The average molecular weight is 244 g/mol. The molecule has 0 radical (unpaired) electrons. The van der Waals surface area contributed by atoms with E-state index in [2.05, 4.69) is 59.5 Å². The molecule has 0 spiro atoms. The smallest absolute Gasteiger partial charge is 0.145 e. The van der Waals surface area contributed by atoms with Crippen LogP contribution in [0.15, 0.2) is 24.5 Å². The van der Waals surface area contributed by atoms with Gasteiger partial charge in [-0.15, -0.1) is 0 Å². The van der Waals surface area contributed by atoms with Gasteiger partial charge in [0, 0.05) is 0 Å². The third-order valence-electron chi connectivity index (χ3n) is 3.17. The van der Waals surface area contributed by atoms with Crippen LogP contribution in [0.5, 0.6) is 0 Å². The molecule has 1 aromatic heterocycles. The number of aromatic amines is 1. The van der Waals surface area contributed by atoms with Gasteiger partial charge < -0.3 is 5.32 Å². The Morgan fingerprint density at radius 3 is 2.72 bits per heavy atom. The summed E-state index contributed by atoms with van der Waals surface area (Å²) in [5, 5.41) is 10.4. The predicted molar refractivity (Wildman–Crippen MR) is 72.4 cm³/mol. The Morgan fingerprint density at radius 2 is 2.11 bits per heavy atom. The summed E-state index contributed by atoms with van der Waals surface area (Å²) >= 11 is 0. The lowest BCUT2D eigenvalue weighted by atomic mass is 10.0. The van der Waals surface area contributed by atoms with E-state index in [9.17, 15) is 0 Å². The van der Waals surface area contributed by atoms with Crippen LogP contribution in [0.3, 0.4) is 0 Å². The molecule has 18 heavy (non-hydrogen) atoms. The normalized spacial score (nSPS) is 12.6. The van der Waals surface area contributed by atoms with E-state index in [1.807, 2.05) is 0 Å². The minimum Gasteiger partial charge on any atom is -0.304 e. The number of aromatic nitrogens is 3. The van der Waals surface area contributed by atoms with Gasteiger partial charge in [-0.2, -0.15) is 5.10 Å². The minimum atomic E-state index is 0.0896. The van der Waals surface area contributed by atoms with Crippen molar-refractivity contribution in [3.63, 3.8) is 0 Å². The number of rotatable bonds is 5. The van der Waals surface area contributed by atoms with Gasteiger partial charge >= 0.3 is 0 Å². The molecule has 96 valence electrons. The Labute approximate surface area is 108 Å². The summed E-state index contributed by atoms with van der Waals surface area (Å²) in [4.78, 5) is 4.27. The highest BCUT2D eigenvalue weighted by Gasteiger charge is 2.16. The van der Waals surface area contributed by atoms with Crippen LogP contribution in [0.25, 0.3) is 0 Å². The SMILES string of the molecule is CCCNC(c1ccc(C)c(C)c1)c1ncn[nH]1. The topological polar surface area (TPSA) is 53.6 Å². The zero-order chi connectivity index (χ0) is 13.0. The first-order valence-electron chi connectivity index (χ1n) is 6.38. The zero-order valence-corrected chi connectivity index (χ0v) is 11.2. The Bertz CT molecular complexity index is 491. The molecule has 1 atom stereocenters. The lowest BCUT2D eigenvalue weighted by molar-refractivity contribution is 0.573. The van der Waals surface area contributed by atoms with Crippen LogP contribution in [-0.4, -0.2) is 21.7 Å². The van der Waals surface area contributed by atoms with Crippen LogP contribution < -0.4 is 5.32 Å². The molecule has 2 N–H and O–H groups in total. The summed E-state index contributed by atoms with van der Waals surface area (Å²) in [6.07, 6.45) is 2.65. The van der Waals surface area contributed by atoms with Crippen molar-refractivity contribution in [3.8, 4) is 0 Å². The highest BCUT2D eigenvalue weighted by Crippen LogP contribution is 2.21. The van der Waals surface area contributed by atoms with Crippen LogP contribution in [0, 0.1) is 13.8 Å². The lowest BCUT2D eigenvalue weighted by Crippen LogP contribution is -2.24. The maximum absolute atomic E-state index is 4.27. The monoisotopic (exact) mass is 244 g/mol. The molecule has 0 aliphatic carbocycles. The maximum Gasteiger partial charge on any atom is 0.145 e. The van der Waals surface area contributed by atoms with E-state index in [4.69, 9.17) is 0 Å². The third kappa shape index (κ3) is 2.76. The van der Waals surface area contributed by atoms with Gasteiger partial charge in [-0.1, -0.05) is 25.1 Å². The number of nitrogens with one attached hydrogen (secondary N) is 2. The van der Waals surface area contributed by atoms with Gasteiger partial charge in [0.2, 0.25) is 0 Å². The molecule has 0 saturated heterocycles. The van der Waals surface area contributed by atoms with Gasteiger partial charge in [-0.3, -0.25) is 5.10 Å². The van der Waals surface area contributed by atoms with Crippen LogP contribution >= 0.6 is 0 Å². The number of hydrogen-bond donors (Lipinski definition) is 2. The molecule has 1 aromatic carbocycles. The van der Waals surface area contributed by atoms with Crippen LogP contribution in [0.4, 0.5) is 0 Å². The zero-order valence-electron chi connectivity index (χ0n) is 11.2. The molecule has 0 bridgehead atoms. The second-order valence-electron chi connectivity index (χ2n) is 4.60. The quantitative estimate of drug-likeness (QED) is 0.849. The lowest BCUT2D eigenvalue weighted by Gasteiger charge is -2.17. The van der Waals surface area contributed by atoms with Gasteiger partial charge in [0.05, 0.1) is 6.04 Å². The van der Waals surface area contributed by atoms with Crippen molar-refractivity contribution in [3.05, 3.63) is 47.0 Å². The molecule has 0 aliphatic rings. The summed E-state index contributed by atoms with van der Waals surface area (Å²) < 4.78 is 0. The molecular weight excluding hydrogens is 224 g/mol. The van der Waals surface area contributed by atoms with Crippen molar-refractivity contribution < 1.29 is 0 Å². The maximum atomic E-state index is 4.27. The highest BCUT2D eigenvalue weighted by molar-refractivity contribution is 5.33. The van der Waals surface area contributed by atoms with Crippen molar-refractivity contribution in [1.29, 1.82) is 0 Å². The standard InChI is InChI=1S/C14H20N4/c1-4-7-15-13(14-16-9-17-18-14)12-6-5-10(2)11(3)8-12/h5-6,8-9,13,15H,4,7H2,1-3H3,(H,16,17,18). The van der Waals surface area contributed by atoms with E-state index in [0.29, 0.717) is 0 Å². The van der Waals surface area contributed by atoms with E-state index < -0.39 is 0 Å². The fourth-order valence-corrected chi connectivity index (χ4v) is 1.96.